The Morgan fingerprint density at radius 3 is 2.00 bits per heavy atom. The van der Waals surface area contributed by atoms with Crippen LogP contribution in [0.4, 0.5) is 0 Å². The lowest BCUT2D eigenvalue weighted by Crippen LogP contribution is -2.33. The molecule has 0 atom stereocenters. The minimum absolute atomic E-state index is 0.255. The van der Waals surface area contributed by atoms with Gasteiger partial charge >= 0.3 is 7.60 Å². The van der Waals surface area contributed by atoms with E-state index in [1.807, 2.05) is 0 Å². The minimum atomic E-state index is -4.28. The average Bonchev–Trinajstić information content (AvgIpc) is 2.01. The van der Waals surface area contributed by atoms with Crippen LogP contribution in [0.15, 0.2) is 25.3 Å². The summed E-state index contributed by atoms with van der Waals surface area (Å²) in [5.41, 5.74) is 0. The zero-order valence-electron chi connectivity index (χ0n) is 7.80. The van der Waals surface area contributed by atoms with Crippen LogP contribution in [0.2, 0.25) is 0 Å². The second-order valence-corrected chi connectivity index (χ2v) is 4.34. The first-order valence-corrected chi connectivity index (χ1v) is 5.74. The molecule has 2 N–H and O–H groups in total. The number of nitrogens with zero attached hydrogens (tertiary/aromatic N) is 1. The predicted molar refractivity (Wildman–Crippen MR) is 53.9 cm³/mol. The number of carbonyl (C=O) groups excluding carboxylic acids is 1. The van der Waals surface area contributed by atoms with E-state index in [2.05, 4.69) is 13.2 Å². The van der Waals surface area contributed by atoms with Crippen molar-refractivity contribution in [3.05, 3.63) is 25.3 Å². The van der Waals surface area contributed by atoms with Crippen molar-refractivity contribution in [2.24, 2.45) is 0 Å². The predicted octanol–water partition coefficient (Wildman–Crippen LogP) is 0.365. The van der Waals surface area contributed by atoms with Crippen molar-refractivity contribution >= 4 is 13.5 Å². The molecular weight excluding hydrogens is 205 g/mol. The Hall–Kier alpha value is -0.900. The molecule has 14 heavy (non-hydrogen) atoms. The van der Waals surface area contributed by atoms with Crippen molar-refractivity contribution in [1.82, 2.24) is 4.90 Å². The van der Waals surface area contributed by atoms with Gasteiger partial charge in [0.25, 0.3) is 0 Å². The lowest BCUT2D eigenvalue weighted by atomic mass is 10.4. The van der Waals surface area contributed by atoms with Crippen LogP contribution < -0.4 is 0 Å². The Labute approximate surface area is 82.9 Å². The van der Waals surface area contributed by atoms with Gasteiger partial charge in [-0.3, -0.25) is 9.36 Å². The summed E-state index contributed by atoms with van der Waals surface area (Å²) in [6, 6.07) is 0. The first kappa shape index (κ1) is 13.1. The summed E-state index contributed by atoms with van der Waals surface area (Å²) < 4.78 is 10.5. The second kappa shape index (κ2) is 5.75. The Bertz CT molecular complexity index is 261. The van der Waals surface area contributed by atoms with E-state index in [4.69, 9.17) is 9.79 Å². The van der Waals surface area contributed by atoms with Crippen molar-refractivity contribution in [3.8, 4) is 0 Å². The molecule has 0 saturated carbocycles. The largest absolute Gasteiger partial charge is 0.335 e. The van der Waals surface area contributed by atoms with Crippen LogP contribution in [-0.4, -0.2) is 39.8 Å². The van der Waals surface area contributed by atoms with Crippen molar-refractivity contribution < 1.29 is 19.1 Å². The summed E-state index contributed by atoms with van der Waals surface area (Å²) in [6.45, 7) is 7.39. The minimum Gasteiger partial charge on any atom is -0.335 e. The van der Waals surface area contributed by atoms with Gasteiger partial charge in [0.2, 0.25) is 5.91 Å². The molecule has 0 aliphatic rings. The molecule has 0 aromatic rings. The van der Waals surface area contributed by atoms with Crippen molar-refractivity contribution in [2.45, 2.75) is 0 Å². The number of amides is 1. The maximum absolute atomic E-state index is 11.3. The number of hydrogen-bond donors (Lipinski definition) is 2. The summed E-state index contributed by atoms with van der Waals surface area (Å²) in [7, 11) is -4.28. The highest BCUT2D eigenvalue weighted by molar-refractivity contribution is 7.52. The highest BCUT2D eigenvalue weighted by atomic mass is 31.2. The van der Waals surface area contributed by atoms with Crippen molar-refractivity contribution in [2.75, 3.05) is 19.3 Å². The zero-order chi connectivity index (χ0) is 11.2. The molecule has 0 radical (unpaired) electrons. The topological polar surface area (TPSA) is 77.8 Å². The number of hydrogen-bond acceptors (Lipinski definition) is 2. The average molecular weight is 219 g/mol. The van der Waals surface area contributed by atoms with Crippen molar-refractivity contribution in [1.29, 1.82) is 0 Å². The van der Waals surface area contributed by atoms with E-state index in [-0.39, 0.29) is 13.1 Å². The smallest absolute Gasteiger partial charge is 0.334 e. The molecule has 0 bridgehead atoms. The maximum atomic E-state index is 11.3. The monoisotopic (exact) mass is 219 g/mol. The fourth-order valence-electron chi connectivity index (χ4n) is 0.866. The van der Waals surface area contributed by atoms with E-state index in [0.717, 1.165) is 0 Å². The second-order valence-electron chi connectivity index (χ2n) is 2.70. The van der Waals surface area contributed by atoms with Crippen molar-refractivity contribution in [3.63, 3.8) is 0 Å². The van der Waals surface area contributed by atoms with Crippen LogP contribution >= 0.6 is 7.60 Å². The molecule has 0 aliphatic carbocycles. The van der Waals surface area contributed by atoms with E-state index in [9.17, 15) is 9.36 Å². The molecule has 0 aromatic heterocycles. The molecule has 1 amide bonds. The third-order valence-corrected chi connectivity index (χ3v) is 2.08. The van der Waals surface area contributed by atoms with Gasteiger partial charge in [0.15, 0.2) is 0 Å². The van der Waals surface area contributed by atoms with Gasteiger partial charge in [-0.15, -0.1) is 13.2 Å². The van der Waals surface area contributed by atoms with Gasteiger partial charge in [0.05, 0.1) is 0 Å². The van der Waals surface area contributed by atoms with Gasteiger partial charge in [-0.2, -0.15) is 0 Å². The lowest BCUT2D eigenvalue weighted by Gasteiger charge is -2.19. The molecule has 0 heterocycles. The summed E-state index contributed by atoms with van der Waals surface area (Å²) >= 11 is 0. The van der Waals surface area contributed by atoms with Gasteiger partial charge in [-0.05, 0) is 0 Å². The summed E-state index contributed by atoms with van der Waals surface area (Å²) in [5.74, 6) is -0.599. The molecule has 0 unspecified atom stereocenters. The molecule has 0 rings (SSSR count). The molecule has 5 nitrogen and oxygen atoms in total. The first-order valence-electron chi connectivity index (χ1n) is 3.95. The fraction of sp³-hybridized carbons (Fsp3) is 0.375. The van der Waals surface area contributed by atoms with E-state index < -0.39 is 19.7 Å². The highest BCUT2D eigenvalue weighted by Gasteiger charge is 2.22. The lowest BCUT2D eigenvalue weighted by molar-refractivity contribution is -0.127. The molecule has 0 fully saturated rings. The third-order valence-electron chi connectivity index (χ3n) is 1.39. The standard InChI is InChI=1S/C8H14NO4P/c1-3-5-9(6-4-2)8(10)7-14(11,12)13/h3-4H,1-2,5-7H2,(H2,11,12,13). The van der Waals surface area contributed by atoms with Gasteiger partial charge in [0, 0.05) is 13.1 Å². The van der Waals surface area contributed by atoms with Crippen LogP contribution in [-0.2, 0) is 9.36 Å². The van der Waals surface area contributed by atoms with Crippen LogP contribution in [0, 0.1) is 0 Å². The van der Waals surface area contributed by atoms with Crippen LogP contribution in [0.1, 0.15) is 0 Å². The van der Waals surface area contributed by atoms with E-state index in [1.165, 1.54) is 17.1 Å². The molecule has 0 aliphatic heterocycles. The molecule has 80 valence electrons. The SMILES string of the molecule is C=CCN(CC=C)C(=O)CP(=O)(O)O. The van der Waals surface area contributed by atoms with Crippen LogP contribution in [0.25, 0.3) is 0 Å². The van der Waals surface area contributed by atoms with Crippen LogP contribution in [0.5, 0.6) is 0 Å². The third kappa shape index (κ3) is 5.70. The first-order chi connectivity index (χ1) is 6.40. The summed E-state index contributed by atoms with van der Waals surface area (Å²) in [6.07, 6.45) is 2.21. The Morgan fingerprint density at radius 1 is 1.29 bits per heavy atom. The Kier molecular flexibility index (Phi) is 5.38. The Morgan fingerprint density at radius 2 is 1.71 bits per heavy atom. The number of carbonyl (C=O) groups is 1. The van der Waals surface area contributed by atoms with Crippen LogP contribution in [0.3, 0.4) is 0 Å². The van der Waals surface area contributed by atoms with E-state index in [0.29, 0.717) is 0 Å². The summed E-state index contributed by atoms with van der Waals surface area (Å²) in [5, 5.41) is 0. The fourth-order valence-corrected chi connectivity index (χ4v) is 1.42. The van der Waals surface area contributed by atoms with Gasteiger partial charge < -0.3 is 14.7 Å². The van der Waals surface area contributed by atoms with Gasteiger partial charge in [0.1, 0.15) is 6.16 Å². The Balaban J connectivity index is 4.35. The molecule has 0 saturated heterocycles. The molecule has 0 spiro atoms. The van der Waals surface area contributed by atoms with E-state index in [1.54, 1.807) is 0 Å². The normalized spacial score (nSPS) is 10.7. The van der Waals surface area contributed by atoms with Gasteiger partial charge in [-0.25, -0.2) is 0 Å². The molecular formula is C8H14NO4P. The zero-order valence-corrected chi connectivity index (χ0v) is 8.69. The number of rotatable bonds is 6. The summed E-state index contributed by atoms with van der Waals surface area (Å²) in [4.78, 5) is 29.7. The quantitative estimate of drug-likeness (QED) is 0.499. The maximum Gasteiger partial charge on any atom is 0.334 e. The molecule has 6 heteroatoms. The van der Waals surface area contributed by atoms with E-state index >= 15 is 0 Å². The van der Waals surface area contributed by atoms with Gasteiger partial charge in [-0.1, -0.05) is 12.2 Å². The highest BCUT2D eigenvalue weighted by Crippen LogP contribution is 2.34. The molecule has 0 aromatic carbocycles.